The molecule has 5 nitrogen and oxygen atoms in total. The molecule has 0 radical (unpaired) electrons. The molecule has 7 heteroatoms. The standard InChI is InChI=1S/C13H26N2O3S2/c1-2-20(16,17)13-11-19-10-7-15(13)6-5-14-12-3-8-18-9-4-12/h12-14H,2-11H2,1H3. The second kappa shape index (κ2) is 7.98. The summed E-state index contributed by atoms with van der Waals surface area (Å²) in [4.78, 5) is 2.14. The molecule has 0 aromatic rings. The van der Waals surface area contributed by atoms with Gasteiger partial charge in [-0.15, -0.1) is 0 Å². The molecule has 1 atom stereocenters. The number of thioether (sulfide) groups is 1. The Hall–Kier alpha value is 0.180. The molecule has 2 aliphatic heterocycles. The normalized spacial score (nSPS) is 26.8. The molecule has 0 aliphatic carbocycles. The van der Waals surface area contributed by atoms with Crippen LogP contribution in [0.1, 0.15) is 19.8 Å². The van der Waals surface area contributed by atoms with Gasteiger partial charge in [-0.3, -0.25) is 4.90 Å². The number of nitrogens with zero attached hydrogens (tertiary/aromatic N) is 1. The van der Waals surface area contributed by atoms with Crippen LogP contribution in [0.2, 0.25) is 0 Å². The molecule has 2 heterocycles. The Kier molecular flexibility index (Phi) is 6.61. The van der Waals surface area contributed by atoms with Gasteiger partial charge >= 0.3 is 0 Å². The van der Waals surface area contributed by atoms with Crippen LogP contribution in [0.5, 0.6) is 0 Å². The molecule has 2 fully saturated rings. The Balaban J connectivity index is 1.80. The van der Waals surface area contributed by atoms with Crippen LogP contribution in [-0.2, 0) is 14.6 Å². The molecular formula is C13H26N2O3S2. The van der Waals surface area contributed by atoms with Gasteiger partial charge in [-0.2, -0.15) is 11.8 Å². The van der Waals surface area contributed by atoms with Gasteiger partial charge < -0.3 is 10.1 Å². The van der Waals surface area contributed by atoms with E-state index in [2.05, 4.69) is 10.2 Å². The molecule has 0 amide bonds. The van der Waals surface area contributed by atoms with Crippen molar-refractivity contribution >= 4 is 21.6 Å². The summed E-state index contributed by atoms with van der Waals surface area (Å²) < 4.78 is 29.6. The average Bonchev–Trinajstić information content (AvgIpc) is 2.49. The van der Waals surface area contributed by atoms with Crippen molar-refractivity contribution in [2.24, 2.45) is 0 Å². The minimum absolute atomic E-state index is 0.238. The Bertz CT molecular complexity index is 383. The zero-order chi connectivity index (χ0) is 14.4. The van der Waals surface area contributed by atoms with Crippen molar-refractivity contribution in [3.8, 4) is 0 Å². The van der Waals surface area contributed by atoms with Gasteiger partial charge in [0, 0.05) is 56.1 Å². The van der Waals surface area contributed by atoms with E-state index in [1.165, 1.54) is 0 Å². The Morgan fingerprint density at radius 2 is 2.10 bits per heavy atom. The maximum atomic E-state index is 12.1. The minimum atomic E-state index is -2.97. The van der Waals surface area contributed by atoms with Gasteiger partial charge in [-0.05, 0) is 12.8 Å². The van der Waals surface area contributed by atoms with Crippen molar-refractivity contribution in [2.75, 3.05) is 50.1 Å². The van der Waals surface area contributed by atoms with Crippen LogP contribution in [0.15, 0.2) is 0 Å². The molecule has 0 saturated carbocycles. The largest absolute Gasteiger partial charge is 0.381 e. The average molecular weight is 322 g/mol. The third-order valence-corrected chi connectivity index (χ3v) is 7.39. The van der Waals surface area contributed by atoms with E-state index in [0.717, 1.165) is 51.4 Å². The summed E-state index contributed by atoms with van der Waals surface area (Å²) in [6.45, 7) is 5.99. The molecule has 0 aromatic carbocycles. The van der Waals surface area contributed by atoms with Gasteiger partial charge in [-0.25, -0.2) is 8.42 Å². The van der Waals surface area contributed by atoms with Gasteiger partial charge in [0.2, 0.25) is 0 Å². The van der Waals surface area contributed by atoms with Crippen LogP contribution in [0.3, 0.4) is 0 Å². The first-order chi connectivity index (χ1) is 9.63. The molecule has 2 aliphatic rings. The van der Waals surface area contributed by atoms with Crippen LogP contribution in [0.25, 0.3) is 0 Å². The fraction of sp³-hybridized carbons (Fsp3) is 1.00. The van der Waals surface area contributed by atoms with E-state index < -0.39 is 9.84 Å². The second-order valence-corrected chi connectivity index (χ2v) is 8.95. The van der Waals surface area contributed by atoms with Crippen molar-refractivity contribution in [3.63, 3.8) is 0 Å². The van der Waals surface area contributed by atoms with Crippen molar-refractivity contribution in [3.05, 3.63) is 0 Å². The van der Waals surface area contributed by atoms with Crippen LogP contribution >= 0.6 is 11.8 Å². The van der Waals surface area contributed by atoms with Crippen molar-refractivity contribution in [1.82, 2.24) is 10.2 Å². The van der Waals surface area contributed by atoms with Crippen LogP contribution in [0, 0.1) is 0 Å². The fourth-order valence-corrected chi connectivity index (χ4v) is 5.82. The predicted octanol–water partition coefficient (Wildman–Crippen LogP) is 0.565. The Morgan fingerprint density at radius 3 is 2.80 bits per heavy atom. The summed E-state index contributed by atoms with van der Waals surface area (Å²) in [5, 5.41) is 3.25. The third-order valence-electron chi connectivity index (χ3n) is 4.06. The molecule has 118 valence electrons. The number of nitrogens with one attached hydrogen (secondary N) is 1. The summed E-state index contributed by atoms with van der Waals surface area (Å²) in [5.74, 6) is 1.99. The smallest absolute Gasteiger partial charge is 0.166 e. The lowest BCUT2D eigenvalue weighted by Crippen LogP contribution is -2.50. The molecule has 1 unspecified atom stereocenters. The molecular weight excluding hydrogens is 296 g/mol. The van der Waals surface area contributed by atoms with Crippen molar-refractivity contribution in [1.29, 1.82) is 0 Å². The fourth-order valence-electron chi connectivity index (χ4n) is 2.71. The number of rotatable bonds is 6. The van der Waals surface area contributed by atoms with Crippen LogP contribution in [0.4, 0.5) is 0 Å². The van der Waals surface area contributed by atoms with Gasteiger partial charge in [0.1, 0.15) is 5.37 Å². The molecule has 0 spiro atoms. The number of ether oxygens (including phenoxy) is 1. The summed E-state index contributed by atoms with van der Waals surface area (Å²) in [6, 6.07) is 0.532. The molecule has 2 saturated heterocycles. The first-order valence-corrected chi connectivity index (χ1v) is 10.3. The van der Waals surface area contributed by atoms with E-state index in [-0.39, 0.29) is 11.1 Å². The van der Waals surface area contributed by atoms with E-state index in [4.69, 9.17) is 4.74 Å². The van der Waals surface area contributed by atoms with Crippen LogP contribution < -0.4 is 5.32 Å². The SMILES string of the molecule is CCS(=O)(=O)C1CSCCN1CCNC1CCOCC1. The molecule has 2 rings (SSSR count). The Morgan fingerprint density at radius 1 is 1.35 bits per heavy atom. The zero-order valence-corrected chi connectivity index (χ0v) is 13.8. The topological polar surface area (TPSA) is 58.6 Å². The van der Waals surface area contributed by atoms with Gasteiger partial charge in [0.15, 0.2) is 9.84 Å². The lowest BCUT2D eigenvalue weighted by Gasteiger charge is -2.35. The van der Waals surface area contributed by atoms with E-state index in [9.17, 15) is 8.42 Å². The van der Waals surface area contributed by atoms with Gasteiger partial charge in [-0.1, -0.05) is 6.92 Å². The highest BCUT2D eigenvalue weighted by atomic mass is 32.2. The van der Waals surface area contributed by atoms with E-state index in [1.54, 1.807) is 18.7 Å². The van der Waals surface area contributed by atoms with Gasteiger partial charge in [0.25, 0.3) is 0 Å². The van der Waals surface area contributed by atoms with Crippen LogP contribution in [-0.4, -0.2) is 74.8 Å². The Labute approximate surface area is 126 Å². The van der Waals surface area contributed by atoms with E-state index in [1.807, 2.05) is 0 Å². The predicted molar refractivity (Wildman–Crippen MR) is 84.0 cm³/mol. The van der Waals surface area contributed by atoms with Crippen molar-refractivity contribution in [2.45, 2.75) is 31.2 Å². The van der Waals surface area contributed by atoms with E-state index >= 15 is 0 Å². The lowest BCUT2D eigenvalue weighted by molar-refractivity contribution is 0.0772. The quantitative estimate of drug-likeness (QED) is 0.771. The maximum Gasteiger partial charge on any atom is 0.166 e. The molecule has 20 heavy (non-hydrogen) atoms. The summed E-state index contributed by atoms with van der Waals surface area (Å²) in [6.07, 6.45) is 2.12. The highest BCUT2D eigenvalue weighted by Gasteiger charge is 2.32. The number of hydrogen-bond donors (Lipinski definition) is 1. The number of hydrogen-bond acceptors (Lipinski definition) is 6. The summed E-state index contributed by atoms with van der Waals surface area (Å²) in [5.41, 5.74) is 0. The third kappa shape index (κ3) is 4.59. The van der Waals surface area contributed by atoms with Crippen molar-refractivity contribution < 1.29 is 13.2 Å². The summed E-state index contributed by atoms with van der Waals surface area (Å²) in [7, 11) is -2.97. The molecule has 0 aromatic heterocycles. The first kappa shape index (κ1) is 16.5. The highest BCUT2D eigenvalue weighted by molar-refractivity contribution is 8.01. The van der Waals surface area contributed by atoms with Gasteiger partial charge in [0.05, 0.1) is 0 Å². The second-order valence-electron chi connectivity index (χ2n) is 5.36. The highest BCUT2D eigenvalue weighted by Crippen LogP contribution is 2.21. The molecule has 1 N–H and O–H groups in total. The minimum Gasteiger partial charge on any atom is -0.381 e. The molecule has 0 bridgehead atoms. The van der Waals surface area contributed by atoms with E-state index in [0.29, 0.717) is 11.8 Å². The number of sulfone groups is 1. The first-order valence-electron chi connectivity index (χ1n) is 7.48. The maximum absolute atomic E-state index is 12.1. The summed E-state index contributed by atoms with van der Waals surface area (Å²) >= 11 is 1.75. The lowest BCUT2D eigenvalue weighted by atomic mass is 10.1. The monoisotopic (exact) mass is 322 g/mol. The zero-order valence-electron chi connectivity index (χ0n) is 12.2.